The molecule has 0 radical (unpaired) electrons. The molecule has 1 amide bonds. The van der Waals surface area contributed by atoms with Crippen LogP contribution < -0.4 is 10.6 Å². The second kappa shape index (κ2) is 8.33. The van der Waals surface area contributed by atoms with Crippen LogP contribution in [-0.4, -0.2) is 31.4 Å². The zero-order valence-electron chi connectivity index (χ0n) is 14.8. The van der Waals surface area contributed by atoms with Crippen molar-refractivity contribution in [2.24, 2.45) is 7.05 Å². The van der Waals surface area contributed by atoms with Gasteiger partial charge in [0.15, 0.2) is 16.1 Å². The summed E-state index contributed by atoms with van der Waals surface area (Å²) in [4.78, 5) is 16.2. The van der Waals surface area contributed by atoms with Crippen molar-refractivity contribution in [1.82, 2.24) is 19.7 Å². The zero-order valence-corrected chi connectivity index (χ0v) is 16.4. The first kappa shape index (κ1) is 18.4. The van der Waals surface area contributed by atoms with Gasteiger partial charge in [-0.2, -0.15) is 0 Å². The van der Waals surface area contributed by atoms with E-state index in [0.717, 1.165) is 17.2 Å². The first-order chi connectivity index (χ1) is 12.5. The minimum Gasteiger partial charge on any atom is -0.378 e. The molecule has 0 aliphatic rings. The molecule has 0 saturated heterocycles. The number of carbonyl (C=O) groups excluding carboxylic acids is 1. The largest absolute Gasteiger partial charge is 0.378 e. The monoisotopic (exact) mass is 388 g/mol. The van der Waals surface area contributed by atoms with Gasteiger partial charge in [-0.25, -0.2) is 4.98 Å². The molecule has 2 heterocycles. The lowest BCUT2D eigenvalue weighted by molar-refractivity contribution is -0.113. The first-order valence-corrected chi connectivity index (χ1v) is 9.91. The van der Waals surface area contributed by atoms with Crippen LogP contribution >= 0.6 is 23.1 Å². The van der Waals surface area contributed by atoms with E-state index < -0.39 is 0 Å². The van der Waals surface area contributed by atoms with Gasteiger partial charge in [0.25, 0.3) is 0 Å². The number of rotatable bonds is 7. The average Bonchev–Trinajstić information content (AvgIpc) is 3.18. The van der Waals surface area contributed by atoms with Gasteiger partial charge in [0.2, 0.25) is 5.91 Å². The standard InChI is InChI=1S/C17H20N6OS2/c1-11-4-6-13(7-5-11)18-8-14-21-22-17(23(14)3)26-10-15(24)20-16-19-12(2)9-25-16/h4-7,9,18H,8,10H2,1-3H3,(H,19,20,24). The first-order valence-electron chi connectivity index (χ1n) is 8.05. The summed E-state index contributed by atoms with van der Waals surface area (Å²) in [5.41, 5.74) is 3.15. The van der Waals surface area contributed by atoms with Crippen LogP contribution in [0.5, 0.6) is 0 Å². The Labute approximate surface area is 160 Å². The highest BCUT2D eigenvalue weighted by molar-refractivity contribution is 7.99. The summed E-state index contributed by atoms with van der Waals surface area (Å²) in [5, 5.41) is 17.7. The molecule has 0 fully saturated rings. The summed E-state index contributed by atoms with van der Waals surface area (Å²) < 4.78 is 1.90. The molecule has 2 N–H and O–H groups in total. The van der Waals surface area contributed by atoms with E-state index in [-0.39, 0.29) is 11.7 Å². The van der Waals surface area contributed by atoms with Crippen molar-refractivity contribution in [3.8, 4) is 0 Å². The smallest absolute Gasteiger partial charge is 0.236 e. The van der Waals surface area contributed by atoms with Crippen LogP contribution in [0.3, 0.4) is 0 Å². The van der Waals surface area contributed by atoms with Crippen LogP contribution in [0.15, 0.2) is 34.8 Å². The Morgan fingerprint density at radius 1 is 1.23 bits per heavy atom. The fraction of sp³-hybridized carbons (Fsp3) is 0.294. The van der Waals surface area contributed by atoms with E-state index in [0.29, 0.717) is 16.8 Å². The molecule has 0 unspecified atom stereocenters. The molecule has 3 rings (SSSR count). The molecular formula is C17H20N6OS2. The lowest BCUT2D eigenvalue weighted by Gasteiger charge is -2.07. The fourth-order valence-corrected chi connectivity index (χ4v) is 3.61. The molecule has 0 atom stereocenters. The Morgan fingerprint density at radius 2 is 2.00 bits per heavy atom. The molecule has 0 saturated carbocycles. The van der Waals surface area contributed by atoms with Crippen LogP contribution in [0.25, 0.3) is 0 Å². The van der Waals surface area contributed by atoms with Crippen LogP contribution in [-0.2, 0) is 18.4 Å². The van der Waals surface area contributed by atoms with E-state index >= 15 is 0 Å². The summed E-state index contributed by atoms with van der Waals surface area (Å²) in [7, 11) is 1.90. The summed E-state index contributed by atoms with van der Waals surface area (Å²) in [6.07, 6.45) is 0. The minimum absolute atomic E-state index is 0.105. The van der Waals surface area contributed by atoms with Gasteiger partial charge in [0.05, 0.1) is 18.0 Å². The lowest BCUT2D eigenvalue weighted by Crippen LogP contribution is -2.14. The number of nitrogens with zero attached hydrogens (tertiary/aromatic N) is 4. The SMILES string of the molecule is Cc1ccc(NCc2nnc(SCC(=O)Nc3nc(C)cs3)n2C)cc1. The van der Waals surface area contributed by atoms with Crippen molar-refractivity contribution in [1.29, 1.82) is 0 Å². The van der Waals surface area contributed by atoms with Crippen LogP contribution in [0.4, 0.5) is 10.8 Å². The predicted molar refractivity (Wildman–Crippen MR) is 106 cm³/mol. The number of amides is 1. The van der Waals surface area contributed by atoms with Gasteiger partial charge in [0, 0.05) is 18.1 Å². The summed E-state index contributed by atoms with van der Waals surface area (Å²) in [6.45, 7) is 4.52. The maximum atomic E-state index is 12.0. The molecule has 9 heteroatoms. The number of aromatic nitrogens is 4. The van der Waals surface area contributed by atoms with Crippen LogP contribution in [0.2, 0.25) is 0 Å². The number of hydrogen-bond acceptors (Lipinski definition) is 7. The van der Waals surface area contributed by atoms with E-state index in [4.69, 9.17) is 0 Å². The number of hydrogen-bond donors (Lipinski definition) is 2. The molecular weight excluding hydrogens is 368 g/mol. The van der Waals surface area contributed by atoms with Crippen molar-refractivity contribution >= 4 is 39.8 Å². The molecule has 0 spiro atoms. The number of anilines is 2. The highest BCUT2D eigenvalue weighted by atomic mass is 32.2. The molecule has 0 aliphatic carbocycles. The van der Waals surface area contributed by atoms with Crippen molar-refractivity contribution in [2.75, 3.05) is 16.4 Å². The van der Waals surface area contributed by atoms with E-state index in [9.17, 15) is 4.79 Å². The minimum atomic E-state index is -0.105. The molecule has 136 valence electrons. The average molecular weight is 389 g/mol. The topological polar surface area (TPSA) is 84.7 Å². The van der Waals surface area contributed by atoms with Crippen molar-refractivity contribution < 1.29 is 4.79 Å². The van der Waals surface area contributed by atoms with Gasteiger partial charge in [-0.15, -0.1) is 21.5 Å². The molecule has 0 bridgehead atoms. The van der Waals surface area contributed by atoms with Crippen molar-refractivity contribution in [3.63, 3.8) is 0 Å². The normalized spacial score (nSPS) is 10.7. The highest BCUT2D eigenvalue weighted by Crippen LogP contribution is 2.19. The Balaban J connectivity index is 1.51. The van der Waals surface area contributed by atoms with Gasteiger partial charge in [0.1, 0.15) is 0 Å². The quantitative estimate of drug-likeness (QED) is 0.605. The number of carbonyl (C=O) groups is 1. The third-order valence-corrected chi connectivity index (χ3v) is 5.52. The maximum absolute atomic E-state index is 12.0. The number of nitrogens with one attached hydrogen (secondary N) is 2. The number of aryl methyl sites for hydroxylation is 2. The second-order valence-corrected chi connectivity index (χ2v) is 7.61. The second-order valence-electron chi connectivity index (χ2n) is 5.81. The molecule has 2 aromatic heterocycles. The van der Waals surface area contributed by atoms with Crippen LogP contribution in [0.1, 0.15) is 17.1 Å². The fourth-order valence-electron chi connectivity index (χ4n) is 2.17. The summed E-state index contributed by atoms with van der Waals surface area (Å²) >= 11 is 2.77. The van der Waals surface area contributed by atoms with Crippen LogP contribution in [0, 0.1) is 13.8 Å². The summed E-state index contributed by atoms with van der Waals surface area (Å²) in [5.74, 6) is 0.964. The molecule has 0 aliphatic heterocycles. The van der Waals surface area contributed by atoms with Crippen molar-refractivity contribution in [3.05, 3.63) is 46.7 Å². The van der Waals surface area contributed by atoms with E-state index in [1.165, 1.54) is 28.7 Å². The van der Waals surface area contributed by atoms with Gasteiger partial charge in [-0.3, -0.25) is 4.79 Å². The Hall–Kier alpha value is -2.39. The number of thiazole rings is 1. The van der Waals surface area contributed by atoms with Gasteiger partial charge < -0.3 is 15.2 Å². The number of thioether (sulfide) groups is 1. The maximum Gasteiger partial charge on any atom is 0.236 e. The van der Waals surface area contributed by atoms with E-state index in [2.05, 4.69) is 44.9 Å². The molecule has 7 nitrogen and oxygen atoms in total. The zero-order chi connectivity index (χ0) is 18.5. The van der Waals surface area contributed by atoms with Gasteiger partial charge in [-0.1, -0.05) is 29.5 Å². The highest BCUT2D eigenvalue weighted by Gasteiger charge is 2.12. The van der Waals surface area contributed by atoms with Gasteiger partial charge in [-0.05, 0) is 26.0 Å². The van der Waals surface area contributed by atoms with Gasteiger partial charge >= 0.3 is 0 Å². The van der Waals surface area contributed by atoms with E-state index in [1.54, 1.807) is 0 Å². The Morgan fingerprint density at radius 3 is 2.69 bits per heavy atom. The van der Waals surface area contributed by atoms with E-state index in [1.807, 2.05) is 36.1 Å². The van der Waals surface area contributed by atoms with Crippen molar-refractivity contribution in [2.45, 2.75) is 25.5 Å². The number of benzene rings is 1. The Bertz CT molecular complexity index is 887. The molecule has 1 aromatic carbocycles. The summed E-state index contributed by atoms with van der Waals surface area (Å²) in [6, 6.07) is 8.18. The third kappa shape index (κ3) is 4.83. The molecule has 3 aromatic rings. The third-order valence-electron chi connectivity index (χ3n) is 3.62. The Kier molecular flexibility index (Phi) is 5.89. The lowest BCUT2D eigenvalue weighted by atomic mass is 10.2. The molecule has 26 heavy (non-hydrogen) atoms. The predicted octanol–water partition coefficient (Wildman–Crippen LogP) is 3.23.